The number of anilines is 1. The number of nitrogens with zero attached hydrogens (tertiary/aromatic N) is 2. The lowest BCUT2D eigenvalue weighted by Crippen LogP contribution is -2.26. The molecule has 0 aliphatic rings. The molecule has 0 atom stereocenters. The molecule has 0 aliphatic carbocycles. The van der Waals surface area contributed by atoms with Gasteiger partial charge >= 0.3 is 0 Å². The highest BCUT2D eigenvalue weighted by Gasteiger charge is 2.08. The molecule has 1 heterocycles. The third-order valence-corrected chi connectivity index (χ3v) is 3.60. The molecule has 0 saturated heterocycles. The lowest BCUT2D eigenvalue weighted by Gasteiger charge is -2.02. The van der Waals surface area contributed by atoms with E-state index in [0.717, 1.165) is 10.6 Å². The minimum absolute atomic E-state index is 0.0140. The molecule has 0 unspecified atom stereocenters. The molecule has 0 aromatic carbocycles. The summed E-state index contributed by atoms with van der Waals surface area (Å²) in [6, 6.07) is 1.85. The van der Waals surface area contributed by atoms with E-state index >= 15 is 0 Å². The summed E-state index contributed by atoms with van der Waals surface area (Å²) in [5.41, 5.74) is 0.950. The van der Waals surface area contributed by atoms with E-state index in [1.807, 2.05) is 19.9 Å². The number of hydrogen-bond donors (Lipinski definition) is 2. The van der Waals surface area contributed by atoms with Crippen LogP contribution in [0.15, 0.2) is 11.8 Å². The molecule has 0 saturated carbocycles. The van der Waals surface area contributed by atoms with Crippen molar-refractivity contribution in [1.29, 1.82) is 5.26 Å². The van der Waals surface area contributed by atoms with Gasteiger partial charge in [0.05, 0.1) is 5.69 Å². The molecule has 0 fully saturated rings. The number of hydrogen-bond acceptors (Lipinski definition) is 5. The minimum atomic E-state index is -0.412. The number of carbonyl (C=O) groups is 1. The van der Waals surface area contributed by atoms with Crippen molar-refractivity contribution in [2.45, 2.75) is 20.3 Å². The van der Waals surface area contributed by atoms with E-state index in [1.54, 1.807) is 0 Å². The number of nitriles is 1. The number of alkyl halides is 1. The van der Waals surface area contributed by atoms with E-state index in [2.05, 4.69) is 15.6 Å². The number of nitrogens with one attached hydrogen (secondary N) is 2. The van der Waals surface area contributed by atoms with Gasteiger partial charge in [-0.3, -0.25) is 4.79 Å². The maximum atomic E-state index is 11.6. The minimum Gasteiger partial charge on any atom is -0.351 e. The molecule has 1 amide bonds. The molecular formula is C12H15ClN4OS. The Hall–Kier alpha value is -1.58. The molecule has 5 nitrogen and oxygen atoms in total. The van der Waals surface area contributed by atoms with Crippen molar-refractivity contribution in [3.05, 3.63) is 22.3 Å². The normalized spacial score (nSPS) is 10.9. The molecule has 1 rings (SSSR count). The Bertz CT molecular complexity index is 499. The van der Waals surface area contributed by atoms with Gasteiger partial charge in [-0.15, -0.1) is 22.9 Å². The van der Waals surface area contributed by atoms with Crippen molar-refractivity contribution in [2.75, 3.05) is 17.7 Å². The summed E-state index contributed by atoms with van der Waals surface area (Å²) >= 11 is 6.98. The van der Waals surface area contributed by atoms with Gasteiger partial charge in [0.15, 0.2) is 5.13 Å². The first-order valence-electron chi connectivity index (χ1n) is 5.73. The largest absolute Gasteiger partial charge is 0.351 e. The number of aryl methyl sites for hydroxylation is 2. The third kappa shape index (κ3) is 4.89. The van der Waals surface area contributed by atoms with Crippen LogP contribution in [0.25, 0.3) is 0 Å². The zero-order valence-corrected chi connectivity index (χ0v) is 12.4. The van der Waals surface area contributed by atoms with E-state index in [-0.39, 0.29) is 5.57 Å². The first-order chi connectivity index (χ1) is 9.08. The Morgan fingerprint density at radius 2 is 2.32 bits per heavy atom. The molecule has 0 spiro atoms. The standard InChI is InChI=1S/C12H15ClN4OS/c1-8-9(2)19-12(17-8)16-7-10(6-14)11(18)15-5-3-4-13/h7H,3-5H2,1-2H3,(H,15,18)(H,16,17)/b10-7-. The second-order valence-corrected chi connectivity index (χ2v) is 5.35. The van der Waals surface area contributed by atoms with E-state index in [0.29, 0.717) is 24.0 Å². The van der Waals surface area contributed by atoms with Gasteiger partial charge in [-0.25, -0.2) is 4.98 Å². The van der Waals surface area contributed by atoms with Crippen LogP contribution in [0.1, 0.15) is 17.0 Å². The summed E-state index contributed by atoms with van der Waals surface area (Å²) in [7, 11) is 0. The highest BCUT2D eigenvalue weighted by atomic mass is 35.5. The summed E-state index contributed by atoms with van der Waals surface area (Å²) in [6.45, 7) is 4.33. The third-order valence-electron chi connectivity index (χ3n) is 2.33. The SMILES string of the molecule is Cc1nc(N/C=C(/C#N)C(=O)NCCCCl)sc1C. The summed E-state index contributed by atoms with van der Waals surface area (Å²) < 4.78 is 0. The molecule has 2 N–H and O–H groups in total. The van der Waals surface area contributed by atoms with Crippen LogP contribution in [0.3, 0.4) is 0 Å². The van der Waals surface area contributed by atoms with Crippen LogP contribution >= 0.6 is 22.9 Å². The summed E-state index contributed by atoms with van der Waals surface area (Å²) in [5, 5.41) is 15.1. The molecule has 1 aromatic rings. The average molecular weight is 299 g/mol. The van der Waals surface area contributed by atoms with Crippen LogP contribution in [-0.4, -0.2) is 23.3 Å². The topological polar surface area (TPSA) is 77.8 Å². The maximum Gasteiger partial charge on any atom is 0.263 e. The van der Waals surface area contributed by atoms with Gasteiger partial charge in [0, 0.05) is 23.5 Å². The summed E-state index contributed by atoms with van der Waals surface area (Å²) in [4.78, 5) is 17.0. The Balaban J connectivity index is 2.61. The fraction of sp³-hybridized carbons (Fsp3) is 0.417. The van der Waals surface area contributed by atoms with Crippen LogP contribution in [0.5, 0.6) is 0 Å². The Kier molecular flexibility index (Phi) is 6.33. The molecule has 0 bridgehead atoms. The van der Waals surface area contributed by atoms with Crippen LogP contribution in [0.2, 0.25) is 0 Å². The first kappa shape index (κ1) is 15.5. The molecule has 0 aliphatic heterocycles. The highest BCUT2D eigenvalue weighted by molar-refractivity contribution is 7.15. The Morgan fingerprint density at radius 1 is 1.58 bits per heavy atom. The molecule has 7 heteroatoms. The van der Waals surface area contributed by atoms with E-state index in [9.17, 15) is 4.79 Å². The molecule has 102 valence electrons. The summed E-state index contributed by atoms with van der Waals surface area (Å²) in [5.74, 6) is 0.0621. The number of aromatic nitrogens is 1. The van der Waals surface area contributed by atoms with Crippen molar-refractivity contribution in [1.82, 2.24) is 10.3 Å². The van der Waals surface area contributed by atoms with Crippen molar-refractivity contribution < 1.29 is 4.79 Å². The smallest absolute Gasteiger partial charge is 0.263 e. The van der Waals surface area contributed by atoms with Crippen LogP contribution in [-0.2, 0) is 4.79 Å². The Morgan fingerprint density at radius 3 is 2.84 bits per heavy atom. The zero-order chi connectivity index (χ0) is 14.3. The fourth-order valence-corrected chi connectivity index (χ4v) is 2.10. The van der Waals surface area contributed by atoms with Crippen molar-refractivity contribution in [2.24, 2.45) is 0 Å². The second-order valence-electron chi connectivity index (χ2n) is 3.77. The van der Waals surface area contributed by atoms with Gasteiger partial charge in [-0.2, -0.15) is 5.26 Å². The van der Waals surface area contributed by atoms with Gasteiger partial charge in [-0.1, -0.05) is 0 Å². The molecular weight excluding hydrogens is 284 g/mol. The predicted molar refractivity (Wildman–Crippen MR) is 77.3 cm³/mol. The van der Waals surface area contributed by atoms with Crippen molar-refractivity contribution >= 4 is 34.0 Å². The molecule has 1 aromatic heterocycles. The van der Waals surface area contributed by atoms with Gasteiger partial charge in [0.25, 0.3) is 5.91 Å². The first-order valence-corrected chi connectivity index (χ1v) is 7.08. The van der Waals surface area contributed by atoms with E-state index in [1.165, 1.54) is 17.5 Å². The maximum absolute atomic E-state index is 11.6. The van der Waals surface area contributed by atoms with Crippen LogP contribution in [0, 0.1) is 25.2 Å². The molecule has 0 radical (unpaired) electrons. The van der Waals surface area contributed by atoms with Gasteiger partial charge in [-0.05, 0) is 20.3 Å². The number of thiazole rings is 1. The highest BCUT2D eigenvalue weighted by Crippen LogP contribution is 2.21. The fourth-order valence-electron chi connectivity index (χ4n) is 1.18. The summed E-state index contributed by atoms with van der Waals surface area (Å²) in [6.07, 6.45) is 2.04. The number of rotatable bonds is 6. The number of halogens is 1. The number of amides is 1. The Labute approximate surface area is 121 Å². The van der Waals surface area contributed by atoms with E-state index in [4.69, 9.17) is 16.9 Å². The van der Waals surface area contributed by atoms with Gasteiger partial charge in [0.2, 0.25) is 0 Å². The quantitative estimate of drug-likeness (QED) is 0.366. The average Bonchev–Trinajstić information content (AvgIpc) is 2.70. The zero-order valence-electron chi connectivity index (χ0n) is 10.8. The lowest BCUT2D eigenvalue weighted by molar-refractivity contribution is -0.117. The van der Waals surface area contributed by atoms with Crippen molar-refractivity contribution in [3.8, 4) is 6.07 Å². The lowest BCUT2D eigenvalue weighted by atomic mass is 10.3. The van der Waals surface area contributed by atoms with Gasteiger partial charge in [0.1, 0.15) is 11.6 Å². The molecule has 19 heavy (non-hydrogen) atoms. The van der Waals surface area contributed by atoms with Crippen molar-refractivity contribution in [3.63, 3.8) is 0 Å². The van der Waals surface area contributed by atoms with Gasteiger partial charge < -0.3 is 10.6 Å². The predicted octanol–water partition coefficient (Wildman–Crippen LogP) is 2.32. The number of carbonyl (C=O) groups excluding carboxylic acids is 1. The monoisotopic (exact) mass is 298 g/mol. The second kappa shape index (κ2) is 7.77. The van der Waals surface area contributed by atoms with Crippen LogP contribution < -0.4 is 10.6 Å². The van der Waals surface area contributed by atoms with Crippen LogP contribution in [0.4, 0.5) is 5.13 Å². The van der Waals surface area contributed by atoms with E-state index < -0.39 is 5.91 Å².